The second-order valence-corrected chi connectivity index (χ2v) is 9.93. The molecule has 0 bridgehead atoms. The number of thioether (sulfide) groups is 2. The Morgan fingerprint density at radius 2 is 1.52 bits per heavy atom. The van der Waals surface area contributed by atoms with Crippen molar-refractivity contribution in [3.63, 3.8) is 0 Å². The predicted octanol–water partition coefficient (Wildman–Crippen LogP) is 7.61. The number of hydrogen-bond acceptors (Lipinski definition) is 5. The van der Waals surface area contributed by atoms with Gasteiger partial charge in [-0.3, -0.25) is 0 Å². The van der Waals surface area contributed by atoms with Crippen LogP contribution in [0, 0.1) is 0 Å². The highest BCUT2D eigenvalue weighted by molar-refractivity contribution is 7.99. The fourth-order valence-corrected chi connectivity index (χ4v) is 5.15. The molecular formula is C25H36N4S2. The van der Waals surface area contributed by atoms with Crippen molar-refractivity contribution < 1.29 is 0 Å². The van der Waals surface area contributed by atoms with E-state index in [4.69, 9.17) is 9.97 Å². The third kappa shape index (κ3) is 7.83. The minimum Gasteiger partial charge on any atom is -0.243 e. The summed E-state index contributed by atoms with van der Waals surface area (Å²) in [6.45, 7) is 3.01. The van der Waals surface area contributed by atoms with Crippen LogP contribution in [-0.2, 0) is 6.54 Å². The summed E-state index contributed by atoms with van der Waals surface area (Å²) in [5.74, 6) is 1.11. The summed E-state index contributed by atoms with van der Waals surface area (Å²) in [5.41, 5.74) is 2.17. The highest BCUT2D eigenvalue weighted by Crippen LogP contribution is 2.28. The minimum absolute atomic E-state index is 0.734. The molecule has 3 rings (SSSR count). The first-order valence-electron chi connectivity index (χ1n) is 11.8. The second kappa shape index (κ2) is 13.8. The predicted molar refractivity (Wildman–Crippen MR) is 135 cm³/mol. The zero-order chi connectivity index (χ0) is 21.7. The maximum Gasteiger partial charge on any atom is 0.190 e. The molecule has 6 heteroatoms. The molecule has 0 radical (unpaired) electrons. The van der Waals surface area contributed by atoms with Crippen LogP contribution in [-0.4, -0.2) is 31.8 Å². The van der Waals surface area contributed by atoms with Crippen LogP contribution in [0.2, 0.25) is 0 Å². The van der Waals surface area contributed by atoms with E-state index in [-0.39, 0.29) is 0 Å². The molecule has 168 valence electrons. The van der Waals surface area contributed by atoms with Gasteiger partial charge < -0.3 is 0 Å². The van der Waals surface area contributed by atoms with Crippen molar-refractivity contribution in [1.82, 2.24) is 19.7 Å². The molecule has 0 N–H and O–H groups in total. The molecule has 0 aliphatic carbocycles. The Morgan fingerprint density at radius 3 is 2.19 bits per heavy atom. The first-order chi connectivity index (χ1) is 15.3. The number of hydrogen-bond donors (Lipinski definition) is 0. The van der Waals surface area contributed by atoms with E-state index in [0.29, 0.717) is 0 Å². The smallest absolute Gasteiger partial charge is 0.190 e. The van der Waals surface area contributed by atoms with Gasteiger partial charge in [0, 0.05) is 0 Å². The molecule has 0 fully saturated rings. The lowest BCUT2D eigenvalue weighted by Crippen LogP contribution is -2.03. The molecule has 0 atom stereocenters. The molecule has 0 spiro atoms. The van der Waals surface area contributed by atoms with Crippen LogP contribution in [0.25, 0.3) is 11.0 Å². The van der Waals surface area contributed by atoms with E-state index in [2.05, 4.69) is 36.3 Å². The summed E-state index contributed by atoms with van der Waals surface area (Å²) in [7, 11) is 0. The van der Waals surface area contributed by atoms with Crippen LogP contribution < -0.4 is 0 Å². The van der Waals surface area contributed by atoms with Gasteiger partial charge in [-0.25, -0.2) is 14.6 Å². The molecule has 0 saturated heterocycles. The van der Waals surface area contributed by atoms with Crippen molar-refractivity contribution in [2.45, 2.75) is 87.9 Å². The van der Waals surface area contributed by atoms with E-state index in [1.807, 2.05) is 35.0 Å². The average Bonchev–Trinajstić information content (AvgIpc) is 3.20. The standard InChI is InChI=1S/C25H36N4S2/c1-3-4-5-6-7-8-9-10-11-15-18-31-24-22-19-26-29(20-21-16-13-12-14-17-21)23(22)27-25(28-24)30-2/h12-14,16-17,19H,3-11,15,18,20H2,1-2H3. The molecule has 2 heterocycles. The highest BCUT2D eigenvalue weighted by Gasteiger charge is 2.13. The Balaban J connectivity index is 1.48. The molecule has 3 aromatic rings. The lowest BCUT2D eigenvalue weighted by Gasteiger charge is -2.07. The first-order valence-corrected chi connectivity index (χ1v) is 14.0. The Labute approximate surface area is 196 Å². The summed E-state index contributed by atoms with van der Waals surface area (Å²) in [5, 5.41) is 7.60. The van der Waals surface area contributed by atoms with Crippen LogP contribution in [0.3, 0.4) is 0 Å². The molecule has 31 heavy (non-hydrogen) atoms. The van der Waals surface area contributed by atoms with Crippen LogP contribution in [0.4, 0.5) is 0 Å². The maximum absolute atomic E-state index is 4.78. The summed E-state index contributed by atoms with van der Waals surface area (Å²) >= 11 is 3.46. The van der Waals surface area contributed by atoms with Gasteiger partial charge in [0.15, 0.2) is 10.8 Å². The molecule has 4 nitrogen and oxygen atoms in total. The van der Waals surface area contributed by atoms with Gasteiger partial charge in [-0.2, -0.15) is 5.10 Å². The zero-order valence-corrected chi connectivity index (χ0v) is 20.7. The normalized spacial score (nSPS) is 11.4. The fourth-order valence-electron chi connectivity index (χ4n) is 3.74. The maximum atomic E-state index is 4.78. The van der Waals surface area contributed by atoms with Gasteiger partial charge in [-0.15, -0.1) is 11.8 Å². The third-order valence-corrected chi connectivity index (χ3v) is 7.16. The fraction of sp³-hybridized carbons (Fsp3) is 0.560. The molecule has 0 unspecified atom stereocenters. The molecule has 0 saturated carbocycles. The lowest BCUT2D eigenvalue weighted by atomic mass is 10.1. The van der Waals surface area contributed by atoms with Gasteiger partial charge in [-0.1, -0.05) is 107 Å². The van der Waals surface area contributed by atoms with E-state index in [1.54, 1.807) is 11.8 Å². The quantitative estimate of drug-likeness (QED) is 0.102. The Bertz CT molecular complexity index is 895. The largest absolute Gasteiger partial charge is 0.243 e. The van der Waals surface area contributed by atoms with Gasteiger partial charge >= 0.3 is 0 Å². The molecule has 0 amide bonds. The summed E-state index contributed by atoms with van der Waals surface area (Å²) < 4.78 is 2.00. The van der Waals surface area contributed by atoms with Crippen LogP contribution in [0.5, 0.6) is 0 Å². The van der Waals surface area contributed by atoms with Gasteiger partial charge in [0.05, 0.1) is 18.1 Å². The molecule has 2 aromatic heterocycles. The lowest BCUT2D eigenvalue weighted by molar-refractivity contribution is 0.563. The van der Waals surface area contributed by atoms with Gasteiger partial charge in [0.2, 0.25) is 0 Å². The number of rotatable bonds is 15. The highest BCUT2D eigenvalue weighted by atomic mass is 32.2. The van der Waals surface area contributed by atoms with Crippen molar-refractivity contribution in [3.8, 4) is 0 Å². The van der Waals surface area contributed by atoms with Crippen molar-refractivity contribution in [2.75, 3.05) is 12.0 Å². The van der Waals surface area contributed by atoms with Crippen LogP contribution >= 0.6 is 23.5 Å². The number of fused-ring (bicyclic) bond motifs is 1. The minimum atomic E-state index is 0.734. The number of benzene rings is 1. The molecule has 1 aromatic carbocycles. The second-order valence-electron chi connectivity index (χ2n) is 8.07. The Kier molecular flexibility index (Phi) is 10.7. The van der Waals surface area contributed by atoms with Gasteiger partial charge in [0.25, 0.3) is 0 Å². The monoisotopic (exact) mass is 456 g/mol. The van der Waals surface area contributed by atoms with E-state index in [0.717, 1.165) is 33.5 Å². The van der Waals surface area contributed by atoms with Crippen molar-refractivity contribution >= 4 is 34.6 Å². The first kappa shape index (κ1) is 24.1. The SMILES string of the molecule is CCCCCCCCCCCCSc1nc(SC)nc2c1cnn2Cc1ccccc1. The van der Waals surface area contributed by atoms with Crippen molar-refractivity contribution in [3.05, 3.63) is 42.1 Å². The summed E-state index contributed by atoms with van der Waals surface area (Å²) in [6.07, 6.45) is 17.7. The van der Waals surface area contributed by atoms with E-state index in [1.165, 1.54) is 69.8 Å². The van der Waals surface area contributed by atoms with Gasteiger partial charge in [0.1, 0.15) is 5.03 Å². The third-order valence-electron chi connectivity index (χ3n) is 5.54. The number of nitrogens with zero attached hydrogens (tertiary/aromatic N) is 4. The molecular weight excluding hydrogens is 420 g/mol. The summed E-state index contributed by atoms with van der Waals surface area (Å²) in [4.78, 5) is 9.54. The topological polar surface area (TPSA) is 43.6 Å². The van der Waals surface area contributed by atoms with Gasteiger partial charge in [-0.05, 0) is 24.0 Å². The molecule has 0 aliphatic heterocycles. The number of aromatic nitrogens is 4. The van der Waals surface area contributed by atoms with E-state index >= 15 is 0 Å². The van der Waals surface area contributed by atoms with Crippen LogP contribution in [0.1, 0.15) is 76.7 Å². The zero-order valence-electron chi connectivity index (χ0n) is 19.1. The Morgan fingerprint density at radius 1 is 0.839 bits per heavy atom. The Hall–Kier alpha value is -1.53. The van der Waals surface area contributed by atoms with Crippen molar-refractivity contribution in [1.29, 1.82) is 0 Å². The summed E-state index contributed by atoms with van der Waals surface area (Å²) in [6, 6.07) is 10.4. The van der Waals surface area contributed by atoms with Crippen molar-refractivity contribution in [2.24, 2.45) is 0 Å². The van der Waals surface area contributed by atoms with E-state index in [9.17, 15) is 0 Å². The number of unbranched alkanes of at least 4 members (excludes halogenated alkanes) is 9. The average molecular weight is 457 g/mol. The van der Waals surface area contributed by atoms with E-state index < -0.39 is 0 Å². The van der Waals surface area contributed by atoms with Crippen LogP contribution in [0.15, 0.2) is 46.7 Å². The molecule has 0 aliphatic rings.